The summed E-state index contributed by atoms with van der Waals surface area (Å²) >= 11 is 0. The molecular weight excluding hydrogens is 558 g/mol. The highest BCUT2D eigenvalue weighted by Crippen LogP contribution is 2.39. The van der Waals surface area contributed by atoms with E-state index < -0.39 is 15.9 Å². The number of benzene rings is 2. The minimum Gasteiger partial charge on any atom is -0.492 e. The van der Waals surface area contributed by atoms with Gasteiger partial charge in [-0.3, -0.25) is 19.7 Å². The van der Waals surface area contributed by atoms with E-state index in [2.05, 4.69) is 26.3 Å². The van der Waals surface area contributed by atoms with E-state index in [4.69, 9.17) is 10.5 Å². The number of sulfonamides is 1. The van der Waals surface area contributed by atoms with E-state index >= 15 is 0 Å². The summed E-state index contributed by atoms with van der Waals surface area (Å²) in [4.78, 5) is 26.4. The van der Waals surface area contributed by atoms with E-state index in [1.807, 2.05) is 55.4 Å². The van der Waals surface area contributed by atoms with Crippen LogP contribution in [0.3, 0.4) is 0 Å². The predicted octanol–water partition coefficient (Wildman–Crippen LogP) is 3.43. The third-order valence-corrected chi connectivity index (χ3v) is 7.67. The molecule has 7 N–H and O–H groups in total. The van der Waals surface area contributed by atoms with Crippen LogP contribution in [0.2, 0.25) is 0 Å². The smallest absolute Gasteiger partial charge is 0.272 e. The van der Waals surface area contributed by atoms with Gasteiger partial charge in [0, 0.05) is 11.6 Å². The number of anilines is 3. The van der Waals surface area contributed by atoms with Crippen molar-refractivity contribution >= 4 is 38.9 Å². The number of hydrogen-bond donors (Lipinski definition) is 6. The number of nitrogens with one attached hydrogen (secondary N) is 5. The molecule has 0 radical (unpaired) electrons. The average molecular weight is 602 g/mol. The minimum atomic E-state index is -3.63. The van der Waals surface area contributed by atoms with Gasteiger partial charge in [0.2, 0.25) is 10.0 Å². The summed E-state index contributed by atoms with van der Waals surface area (Å²) in [7, 11) is -2.23. The van der Waals surface area contributed by atoms with Crippen LogP contribution in [0.1, 0.15) is 70.0 Å². The summed E-state index contributed by atoms with van der Waals surface area (Å²) in [6, 6.07) is 8.40. The lowest BCUT2D eigenvalue weighted by atomic mass is 9.86. The third kappa shape index (κ3) is 7.45. The molecule has 2 amide bonds. The van der Waals surface area contributed by atoms with Crippen LogP contribution in [0, 0.1) is 12.3 Å². The number of hydrazine groups is 2. The summed E-state index contributed by atoms with van der Waals surface area (Å²) in [6.07, 6.45) is 1.05. The van der Waals surface area contributed by atoms with Crippen molar-refractivity contribution < 1.29 is 22.7 Å². The highest BCUT2D eigenvalue weighted by molar-refractivity contribution is 7.92. The number of hydrogen-bond acceptors (Lipinski definition) is 9. The van der Waals surface area contributed by atoms with E-state index in [0.717, 1.165) is 17.4 Å². The van der Waals surface area contributed by atoms with E-state index in [-0.39, 0.29) is 45.7 Å². The average Bonchev–Trinajstić information content (AvgIpc) is 3.23. The Morgan fingerprint density at radius 3 is 2.19 bits per heavy atom. The van der Waals surface area contributed by atoms with Gasteiger partial charge in [-0.1, -0.05) is 47.6 Å². The van der Waals surface area contributed by atoms with Crippen molar-refractivity contribution in [2.24, 2.45) is 11.1 Å². The Labute approximate surface area is 248 Å². The Balaban J connectivity index is 1.96. The number of rotatable bonds is 8. The summed E-state index contributed by atoms with van der Waals surface area (Å²) in [5.41, 5.74) is 14.7. The van der Waals surface area contributed by atoms with Gasteiger partial charge in [-0.15, -0.1) is 5.53 Å². The van der Waals surface area contributed by atoms with Gasteiger partial charge in [-0.05, 0) is 60.1 Å². The molecule has 0 spiro atoms. The largest absolute Gasteiger partial charge is 0.492 e. The molecule has 0 unspecified atom stereocenters. The molecule has 0 aliphatic carbocycles. The first kappa shape index (κ1) is 32.5. The van der Waals surface area contributed by atoms with Gasteiger partial charge in [-0.25, -0.2) is 13.4 Å². The van der Waals surface area contributed by atoms with Crippen LogP contribution in [-0.2, 0) is 20.2 Å². The fourth-order valence-corrected chi connectivity index (χ4v) is 4.58. The maximum Gasteiger partial charge on any atom is 0.272 e. The number of aryl methyl sites for hydroxylation is 1. The molecule has 1 atom stereocenters. The Morgan fingerprint density at radius 1 is 1.02 bits per heavy atom. The van der Waals surface area contributed by atoms with Crippen LogP contribution in [-0.4, -0.2) is 39.6 Å². The molecule has 3 rings (SSSR count). The Morgan fingerprint density at radius 2 is 1.64 bits per heavy atom. The molecule has 13 heteroatoms. The van der Waals surface area contributed by atoms with Gasteiger partial charge in [0.25, 0.3) is 11.8 Å². The van der Waals surface area contributed by atoms with Crippen molar-refractivity contribution in [1.29, 1.82) is 0 Å². The highest BCUT2D eigenvalue weighted by Gasteiger charge is 2.30. The second-order valence-corrected chi connectivity index (χ2v) is 14.3. The molecule has 1 heterocycles. The minimum absolute atomic E-state index is 0.114. The molecule has 0 saturated heterocycles. The molecule has 2 aromatic rings. The predicted molar refractivity (Wildman–Crippen MR) is 166 cm³/mol. The number of carbonyl (C=O) groups excluding carboxylic acids is 2. The van der Waals surface area contributed by atoms with Crippen LogP contribution >= 0.6 is 0 Å². The van der Waals surface area contributed by atoms with Gasteiger partial charge < -0.3 is 21.1 Å². The Bertz CT molecular complexity index is 1520. The van der Waals surface area contributed by atoms with Gasteiger partial charge >= 0.3 is 0 Å². The van der Waals surface area contributed by atoms with E-state index in [9.17, 15) is 18.0 Å². The van der Waals surface area contributed by atoms with Crippen LogP contribution in [0.4, 0.5) is 17.1 Å². The molecule has 0 fully saturated rings. The lowest BCUT2D eigenvalue weighted by molar-refractivity contribution is -0.119. The second-order valence-electron chi connectivity index (χ2n) is 12.6. The first-order valence-electron chi connectivity index (χ1n) is 13.5. The molecule has 12 nitrogen and oxygen atoms in total. The highest BCUT2D eigenvalue weighted by atomic mass is 32.2. The van der Waals surface area contributed by atoms with Gasteiger partial charge in [-0.2, -0.15) is 0 Å². The second kappa shape index (κ2) is 11.7. The Hall–Kier alpha value is -3.97. The summed E-state index contributed by atoms with van der Waals surface area (Å²) in [6.45, 7) is 15.8. The lowest BCUT2D eigenvalue weighted by Gasteiger charge is -2.28. The fourth-order valence-electron chi connectivity index (χ4n) is 4.03. The molecule has 42 heavy (non-hydrogen) atoms. The number of methoxy groups -OCH3 is 1. The maximum atomic E-state index is 13.5. The molecule has 2 aromatic carbocycles. The van der Waals surface area contributed by atoms with E-state index in [1.54, 1.807) is 30.3 Å². The zero-order valence-electron chi connectivity index (χ0n) is 25.9. The van der Waals surface area contributed by atoms with Gasteiger partial charge in [0.1, 0.15) is 0 Å². The van der Waals surface area contributed by atoms with Crippen molar-refractivity contribution in [2.75, 3.05) is 28.4 Å². The fraction of sp³-hybridized carbons (Fsp3) is 0.448. The van der Waals surface area contributed by atoms with Crippen LogP contribution < -0.4 is 41.8 Å². The first-order chi connectivity index (χ1) is 19.2. The molecule has 0 aromatic heterocycles. The van der Waals surface area contributed by atoms with Crippen LogP contribution in [0.25, 0.3) is 0 Å². The number of nitrogens with two attached hydrogens (primary N) is 1. The van der Waals surface area contributed by atoms with Crippen molar-refractivity contribution in [3.05, 3.63) is 58.5 Å². The van der Waals surface area contributed by atoms with Crippen molar-refractivity contribution in [3.63, 3.8) is 0 Å². The number of amides is 2. The summed E-state index contributed by atoms with van der Waals surface area (Å²) in [5.74, 6) is -0.504. The number of ether oxygens (including phenoxy) is 1. The van der Waals surface area contributed by atoms with Crippen molar-refractivity contribution in [1.82, 2.24) is 16.3 Å². The van der Waals surface area contributed by atoms with E-state index in [0.29, 0.717) is 16.9 Å². The summed E-state index contributed by atoms with van der Waals surface area (Å²) < 4.78 is 32.1. The molecule has 0 bridgehead atoms. The van der Waals surface area contributed by atoms with Crippen molar-refractivity contribution in [3.8, 4) is 5.75 Å². The van der Waals surface area contributed by atoms with Gasteiger partial charge in [0.05, 0.1) is 30.4 Å². The zero-order chi connectivity index (χ0) is 31.8. The Kier molecular flexibility index (Phi) is 9.09. The molecule has 1 aliphatic rings. The van der Waals surface area contributed by atoms with Gasteiger partial charge in [0.15, 0.2) is 17.3 Å². The number of nitrogens with zero attached hydrogens (tertiary/aromatic N) is 1. The quantitative estimate of drug-likeness (QED) is 0.266. The lowest BCUT2D eigenvalue weighted by Crippen LogP contribution is -2.45. The topological polar surface area (TPSA) is 167 Å². The normalized spacial score (nSPS) is 14.8. The molecular formula is C29H43N7O5S. The number of carbonyl (C=O) groups is 2. The SMILES string of the molecule is COc1c(NC(=O)c2ccc(C)c(N3NNC(C(=O)N[C@@H](C)C(C)(C)C)=C3N)c2)cc(C(C)(C)C)cc1NS(C)(=O)=O. The summed E-state index contributed by atoms with van der Waals surface area (Å²) in [5, 5.41) is 7.32. The first-order valence-corrected chi connectivity index (χ1v) is 15.4. The van der Waals surface area contributed by atoms with Crippen LogP contribution in [0.15, 0.2) is 41.8 Å². The monoisotopic (exact) mass is 601 g/mol. The molecule has 0 saturated carbocycles. The van der Waals surface area contributed by atoms with E-state index in [1.165, 1.54) is 12.1 Å². The zero-order valence-corrected chi connectivity index (χ0v) is 26.8. The standard InChI is InChI=1S/C29H43N7O5S/c1-16-11-12-18(13-22(16)36-25(30)23(33-35-36)27(38)31-17(2)28(3,4)5)26(37)32-20-14-19(29(6,7)8)15-21(24(20)41-9)34-42(10,39)40/h11-15,17,33-35H,30H2,1-10H3,(H,31,38)(H,32,37)/t17-/m0/s1. The third-order valence-electron chi connectivity index (χ3n) is 7.08. The molecule has 230 valence electrons. The van der Waals surface area contributed by atoms with Crippen LogP contribution in [0.5, 0.6) is 5.75 Å². The van der Waals surface area contributed by atoms with Crippen molar-refractivity contribution in [2.45, 2.75) is 66.8 Å². The maximum absolute atomic E-state index is 13.5. The molecule has 1 aliphatic heterocycles.